The second-order valence-electron chi connectivity index (χ2n) is 11.7. The van der Waals surface area contributed by atoms with Gasteiger partial charge >= 0.3 is 0 Å². The quantitative estimate of drug-likeness (QED) is 0.163. The maximum atomic E-state index is 14.9. The molecule has 2 aromatic heterocycles. The topological polar surface area (TPSA) is 59.2 Å². The molecule has 5 aromatic carbocycles. The Morgan fingerprint density at radius 2 is 1.47 bits per heavy atom. The van der Waals surface area contributed by atoms with E-state index in [-0.39, 0.29) is 32.7 Å². The minimum absolute atomic E-state index is 0. The third kappa shape index (κ3) is 6.41. The van der Waals surface area contributed by atoms with Gasteiger partial charge < -0.3 is 9.52 Å². The molecule has 0 bridgehead atoms. The number of hydrogen-bond donors (Lipinski definition) is 1. The Kier molecular flexibility index (Phi) is 8.82. The van der Waals surface area contributed by atoms with Gasteiger partial charge in [-0.05, 0) is 40.8 Å². The Balaban J connectivity index is 0.00000401. The van der Waals surface area contributed by atoms with Crippen molar-refractivity contribution in [3.8, 4) is 50.7 Å². The standard InChI is InChI=1S/C41H32FN2O2.Pt/c1-25(2)30-19-31(21-32(20-30)37-23-35(36(42)24-43-37)28-13-8-5-9-14-28)33-15-10-16-39-40(33)44-41(46-39)34-18-17-29(22-38(34)45)26(3)27-11-6-4-7-12-27;/h4-20,22-26,45H,1-3H3;/q-1;/i25D;. The Hall–Kier alpha value is -4.86. The largest absolute Gasteiger partial charge is 0.507 e. The van der Waals surface area contributed by atoms with E-state index in [0.717, 1.165) is 27.8 Å². The van der Waals surface area contributed by atoms with Gasteiger partial charge in [0.1, 0.15) is 17.1 Å². The minimum atomic E-state index is -0.936. The van der Waals surface area contributed by atoms with Crippen LogP contribution in [-0.2, 0) is 21.1 Å². The first-order chi connectivity index (χ1) is 22.7. The predicted molar refractivity (Wildman–Crippen MR) is 182 cm³/mol. The summed E-state index contributed by atoms with van der Waals surface area (Å²) in [7, 11) is 0. The normalized spacial score (nSPS) is 12.4. The fraction of sp³-hybridized carbons (Fsp3) is 0.122. The molecule has 0 aliphatic rings. The fourth-order valence-corrected chi connectivity index (χ4v) is 5.78. The van der Waals surface area contributed by atoms with Crippen LogP contribution >= 0.6 is 0 Å². The van der Waals surface area contributed by atoms with Crippen molar-refractivity contribution >= 4 is 11.1 Å². The van der Waals surface area contributed by atoms with Crippen molar-refractivity contribution in [2.75, 3.05) is 0 Å². The van der Waals surface area contributed by atoms with Crippen LogP contribution in [0.5, 0.6) is 5.75 Å². The first kappa shape index (κ1) is 30.8. The SMILES string of the molecule is [2H]C(C)(C)c1cc(-c2cc(-c3ccccc3)c(F)cn2)[c-]c(-c2cccc3oc(-c4ccc(C(C)c5ccccc5)cc4O)nc23)c1.[Pt]. The summed E-state index contributed by atoms with van der Waals surface area (Å²) in [6.07, 6.45) is 1.23. The number of nitrogens with zero attached hydrogens (tertiary/aromatic N) is 2. The molecule has 1 atom stereocenters. The molecule has 0 spiro atoms. The number of oxazole rings is 1. The Morgan fingerprint density at radius 1 is 0.745 bits per heavy atom. The number of phenolic OH excluding ortho intramolecular Hbond substituents is 1. The third-order valence-electron chi connectivity index (χ3n) is 8.42. The van der Waals surface area contributed by atoms with Crippen molar-refractivity contribution in [1.29, 1.82) is 0 Å². The molecule has 0 aliphatic carbocycles. The summed E-state index contributed by atoms with van der Waals surface area (Å²) in [5.74, 6) is -0.865. The van der Waals surface area contributed by atoms with Gasteiger partial charge in [-0.1, -0.05) is 117 Å². The maximum absolute atomic E-state index is 14.9. The first-order valence-electron chi connectivity index (χ1n) is 15.7. The molecule has 0 aliphatic heterocycles. The molecule has 0 amide bonds. The van der Waals surface area contributed by atoms with Gasteiger partial charge in [0.2, 0.25) is 5.89 Å². The molecule has 7 aromatic rings. The van der Waals surface area contributed by atoms with Gasteiger partial charge in [0, 0.05) is 39.6 Å². The van der Waals surface area contributed by atoms with Crippen LogP contribution in [0.1, 0.15) is 50.6 Å². The van der Waals surface area contributed by atoms with E-state index in [1.54, 1.807) is 12.1 Å². The summed E-state index contributed by atoms with van der Waals surface area (Å²) in [6.45, 7) is 5.75. The number of fused-ring (bicyclic) bond motifs is 1. The van der Waals surface area contributed by atoms with E-state index in [9.17, 15) is 9.50 Å². The van der Waals surface area contributed by atoms with Gasteiger partial charge in [0.05, 0.1) is 17.3 Å². The van der Waals surface area contributed by atoms with E-state index in [2.05, 4.69) is 30.1 Å². The second-order valence-corrected chi connectivity index (χ2v) is 11.7. The summed E-state index contributed by atoms with van der Waals surface area (Å²) in [6, 6.07) is 39.8. The zero-order valence-electron chi connectivity index (χ0n) is 27.1. The molecule has 0 saturated carbocycles. The van der Waals surface area contributed by atoms with Crippen LogP contribution < -0.4 is 0 Å². The Morgan fingerprint density at radius 3 is 2.19 bits per heavy atom. The summed E-state index contributed by atoms with van der Waals surface area (Å²) in [5.41, 5.74) is 8.35. The van der Waals surface area contributed by atoms with Crippen LogP contribution in [-0.4, -0.2) is 15.1 Å². The number of rotatable bonds is 7. The molecule has 4 nitrogen and oxygen atoms in total. The number of halogens is 1. The van der Waals surface area contributed by atoms with Gasteiger partial charge in [-0.3, -0.25) is 4.98 Å². The zero-order chi connectivity index (χ0) is 32.7. The molecule has 1 unspecified atom stereocenters. The molecule has 6 heteroatoms. The van der Waals surface area contributed by atoms with Crippen LogP contribution in [0, 0.1) is 11.9 Å². The average Bonchev–Trinajstić information content (AvgIpc) is 3.52. The molecule has 0 fully saturated rings. The summed E-state index contributed by atoms with van der Waals surface area (Å²) in [5, 5.41) is 11.1. The van der Waals surface area contributed by atoms with E-state index in [1.165, 1.54) is 6.20 Å². The number of aromatic nitrogens is 2. The fourth-order valence-electron chi connectivity index (χ4n) is 5.78. The van der Waals surface area contributed by atoms with E-state index in [1.807, 2.05) is 105 Å². The number of hydrogen-bond acceptors (Lipinski definition) is 4. The van der Waals surface area contributed by atoms with E-state index in [4.69, 9.17) is 10.8 Å². The molecule has 0 saturated heterocycles. The minimum Gasteiger partial charge on any atom is -0.507 e. The number of pyridine rings is 1. The smallest absolute Gasteiger partial charge is 0.230 e. The molecule has 0 radical (unpaired) electrons. The van der Waals surface area contributed by atoms with Crippen molar-refractivity contribution in [2.45, 2.75) is 32.6 Å². The van der Waals surface area contributed by atoms with Crippen molar-refractivity contribution in [3.05, 3.63) is 150 Å². The van der Waals surface area contributed by atoms with Crippen LogP contribution in [0.2, 0.25) is 0 Å². The van der Waals surface area contributed by atoms with E-state index in [0.29, 0.717) is 44.9 Å². The molecule has 1 N–H and O–H groups in total. The van der Waals surface area contributed by atoms with Gasteiger partial charge in [-0.25, -0.2) is 9.37 Å². The van der Waals surface area contributed by atoms with Crippen LogP contribution in [0.25, 0.3) is 56.1 Å². The average molecular weight is 800 g/mol. The predicted octanol–water partition coefficient (Wildman–Crippen LogP) is 10.8. The summed E-state index contributed by atoms with van der Waals surface area (Å²) >= 11 is 0. The number of aromatic hydroxyl groups is 1. The van der Waals surface area contributed by atoms with Crippen LogP contribution in [0.15, 0.2) is 126 Å². The molecule has 236 valence electrons. The molecular formula is C41H32FN2O2Pt-. The van der Waals surface area contributed by atoms with E-state index >= 15 is 0 Å². The number of para-hydroxylation sites is 1. The molecular weight excluding hydrogens is 767 g/mol. The van der Waals surface area contributed by atoms with Gasteiger partial charge in [-0.2, -0.15) is 0 Å². The molecule has 47 heavy (non-hydrogen) atoms. The van der Waals surface area contributed by atoms with Crippen molar-refractivity contribution in [1.82, 2.24) is 9.97 Å². The Labute approximate surface area is 289 Å². The van der Waals surface area contributed by atoms with Crippen LogP contribution in [0.3, 0.4) is 0 Å². The van der Waals surface area contributed by atoms with Gasteiger partial charge in [0.15, 0.2) is 0 Å². The van der Waals surface area contributed by atoms with E-state index < -0.39 is 11.7 Å². The molecule has 2 heterocycles. The number of phenols is 1. The second kappa shape index (κ2) is 13.5. The third-order valence-corrected chi connectivity index (χ3v) is 8.42. The van der Waals surface area contributed by atoms with Crippen molar-refractivity contribution in [3.63, 3.8) is 0 Å². The first-order valence-corrected chi connectivity index (χ1v) is 15.2. The summed E-state index contributed by atoms with van der Waals surface area (Å²) < 4.78 is 30.0. The monoisotopic (exact) mass is 799 g/mol. The van der Waals surface area contributed by atoms with Gasteiger partial charge in [0.25, 0.3) is 0 Å². The molecule has 7 rings (SSSR count). The zero-order valence-corrected chi connectivity index (χ0v) is 28.3. The van der Waals surface area contributed by atoms with Gasteiger partial charge in [-0.15, -0.1) is 29.3 Å². The van der Waals surface area contributed by atoms with Crippen molar-refractivity contribution < 1.29 is 36.4 Å². The van der Waals surface area contributed by atoms with Crippen LogP contribution in [0.4, 0.5) is 4.39 Å². The van der Waals surface area contributed by atoms with Crippen molar-refractivity contribution in [2.24, 2.45) is 0 Å². The Bertz CT molecular complexity index is 2230. The maximum Gasteiger partial charge on any atom is 0.230 e. The summed E-state index contributed by atoms with van der Waals surface area (Å²) in [4.78, 5) is 9.27. The number of benzene rings is 5.